The van der Waals surface area contributed by atoms with Crippen molar-refractivity contribution in [3.63, 3.8) is 0 Å². The molecule has 0 aliphatic heterocycles. The standard InChI is InChI=1S/C22H23FN4O3/c1-25-8-9-26(2)14-30-21-10-15(4-7-20(21)29-3)17-11-22(28)27-13-16(23)5-6-19(27)18(17)12-24/h4-7,10-11,13,25H,8-9,14H2,1-3H3. The third-order valence-electron chi connectivity index (χ3n) is 4.71. The lowest BCUT2D eigenvalue weighted by Gasteiger charge is -2.19. The molecule has 156 valence electrons. The van der Waals surface area contributed by atoms with Crippen molar-refractivity contribution in [3.8, 4) is 28.7 Å². The smallest absolute Gasteiger partial charge is 0.255 e. The minimum absolute atomic E-state index is 0.275. The van der Waals surface area contributed by atoms with Crippen molar-refractivity contribution in [2.24, 2.45) is 0 Å². The molecule has 2 aromatic heterocycles. The van der Waals surface area contributed by atoms with Gasteiger partial charge in [-0.25, -0.2) is 4.39 Å². The van der Waals surface area contributed by atoms with Crippen LogP contribution in [-0.2, 0) is 0 Å². The zero-order valence-corrected chi connectivity index (χ0v) is 17.1. The van der Waals surface area contributed by atoms with Gasteiger partial charge < -0.3 is 14.8 Å². The summed E-state index contributed by atoms with van der Waals surface area (Å²) in [6, 6.07) is 11.3. The van der Waals surface area contributed by atoms with Gasteiger partial charge in [-0.1, -0.05) is 6.07 Å². The van der Waals surface area contributed by atoms with Gasteiger partial charge in [-0.2, -0.15) is 5.26 Å². The number of rotatable bonds is 8. The molecule has 0 radical (unpaired) electrons. The first-order valence-electron chi connectivity index (χ1n) is 9.38. The summed E-state index contributed by atoms with van der Waals surface area (Å²) >= 11 is 0. The highest BCUT2D eigenvalue weighted by Crippen LogP contribution is 2.34. The van der Waals surface area contributed by atoms with E-state index in [1.54, 1.807) is 25.3 Å². The largest absolute Gasteiger partial charge is 0.493 e. The molecule has 0 bridgehead atoms. The molecule has 0 aliphatic carbocycles. The van der Waals surface area contributed by atoms with Gasteiger partial charge in [0.15, 0.2) is 11.5 Å². The highest BCUT2D eigenvalue weighted by molar-refractivity contribution is 5.80. The van der Waals surface area contributed by atoms with E-state index in [4.69, 9.17) is 9.47 Å². The fraction of sp³-hybridized carbons (Fsp3) is 0.273. The SMILES string of the molecule is CNCCN(C)COc1cc(-c2cc(=O)n3cc(F)ccc3c2C#N)ccc1OC. The Labute approximate surface area is 173 Å². The van der Waals surface area contributed by atoms with Crippen molar-refractivity contribution in [3.05, 3.63) is 64.3 Å². The average molecular weight is 410 g/mol. The Bertz CT molecular complexity index is 1150. The predicted molar refractivity (Wildman–Crippen MR) is 112 cm³/mol. The van der Waals surface area contributed by atoms with E-state index in [2.05, 4.69) is 11.4 Å². The van der Waals surface area contributed by atoms with Gasteiger partial charge in [-0.05, 0) is 43.9 Å². The molecule has 0 saturated heterocycles. The number of hydrogen-bond donors (Lipinski definition) is 1. The number of nitrogens with one attached hydrogen (secondary N) is 1. The number of halogens is 1. The van der Waals surface area contributed by atoms with Gasteiger partial charge >= 0.3 is 0 Å². The first-order chi connectivity index (χ1) is 14.5. The Balaban J connectivity index is 2.04. The number of pyridine rings is 2. The molecular weight excluding hydrogens is 387 g/mol. The number of fused-ring (bicyclic) bond motifs is 1. The second-order valence-electron chi connectivity index (χ2n) is 6.81. The van der Waals surface area contributed by atoms with Crippen molar-refractivity contribution in [1.82, 2.24) is 14.6 Å². The summed E-state index contributed by atoms with van der Waals surface area (Å²) in [5, 5.41) is 12.8. The van der Waals surface area contributed by atoms with E-state index in [1.165, 1.54) is 18.2 Å². The summed E-state index contributed by atoms with van der Waals surface area (Å²) in [7, 11) is 5.36. The van der Waals surface area contributed by atoms with Crippen LogP contribution in [0.2, 0.25) is 0 Å². The van der Waals surface area contributed by atoms with E-state index in [-0.39, 0.29) is 5.56 Å². The molecular formula is C22H23FN4O3. The Hall–Kier alpha value is -3.41. The molecule has 7 nitrogen and oxygen atoms in total. The van der Waals surface area contributed by atoms with E-state index in [0.717, 1.165) is 23.7 Å². The van der Waals surface area contributed by atoms with E-state index in [9.17, 15) is 14.4 Å². The molecule has 3 rings (SSSR count). The maximum absolute atomic E-state index is 13.6. The number of nitriles is 1. The first kappa shape index (κ1) is 21.3. The van der Waals surface area contributed by atoms with E-state index in [0.29, 0.717) is 34.9 Å². The lowest BCUT2D eigenvalue weighted by atomic mass is 9.99. The van der Waals surface area contributed by atoms with Crippen LogP contribution in [0.1, 0.15) is 5.56 Å². The molecule has 0 spiro atoms. The quantitative estimate of drug-likeness (QED) is 0.575. The number of hydrogen-bond acceptors (Lipinski definition) is 6. The summed E-state index contributed by atoms with van der Waals surface area (Å²) in [6.07, 6.45) is 1.08. The third kappa shape index (κ3) is 4.43. The zero-order valence-electron chi connectivity index (χ0n) is 17.1. The molecule has 1 N–H and O–H groups in total. The van der Waals surface area contributed by atoms with Crippen LogP contribution < -0.4 is 20.3 Å². The molecule has 3 aromatic rings. The number of likely N-dealkylation sites (N-methyl/N-ethyl adjacent to an activating group) is 2. The lowest BCUT2D eigenvalue weighted by molar-refractivity contribution is 0.150. The maximum atomic E-state index is 13.6. The normalized spacial score (nSPS) is 10.9. The molecule has 0 saturated carbocycles. The van der Waals surface area contributed by atoms with E-state index < -0.39 is 11.4 Å². The van der Waals surface area contributed by atoms with E-state index >= 15 is 0 Å². The van der Waals surface area contributed by atoms with Crippen molar-refractivity contribution >= 4 is 5.52 Å². The van der Waals surface area contributed by atoms with Gasteiger partial charge in [-0.15, -0.1) is 0 Å². The van der Waals surface area contributed by atoms with E-state index in [1.807, 2.05) is 19.0 Å². The molecule has 0 unspecified atom stereocenters. The second-order valence-corrected chi connectivity index (χ2v) is 6.81. The Morgan fingerprint density at radius 3 is 2.73 bits per heavy atom. The number of ether oxygens (including phenoxy) is 2. The van der Waals surface area contributed by atoms with Crippen LogP contribution in [0.15, 0.2) is 47.4 Å². The van der Waals surface area contributed by atoms with Crippen LogP contribution in [-0.4, -0.2) is 50.3 Å². The summed E-state index contributed by atoms with van der Waals surface area (Å²) in [5.41, 5.74) is 1.27. The lowest BCUT2D eigenvalue weighted by Crippen LogP contribution is -2.30. The van der Waals surface area contributed by atoms with Gasteiger partial charge in [0, 0.05) is 30.9 Å². The van der Waals surface area contributed by atoms with Gasteiger partial charge in [0.05, 0.1) is 18.2 Å². The minimum atomic E-state index is -0.552. The second kappa shape index (κ2) is 9.39. The van der Waals surface area contributed by atoms with Gasteiger partial charge in [0.25, 0.3) is 5.56 Å². The Morgan fingerprint density at radius 2 is 2.03 bits per heavy atom. The van der Waals surface area contributed by atoms with Crippen LogP contribution in [0, 0.1) is 17.1 Å². The van der Waals surface area contributed by atoms with Crippen LogP contribution in [0.4, 0.5) is 4.39 Å². The monoisotopic (exact) mass is 410 g/mol. The molecule has 0 fully saturated rings. The Morgan fingerprint density at radius 1 is 1.23 bits per heavy atom. The predicted octanol–water partition coefficient (Wildman–Crippen LogP) is 2.47. The average Bonchev–Trinajstić information content (AvgIpc) is 2.76. The summed E-state index contributed by atoms with van der Waals surface area (Å²) < 4.78 is 26.0. The summed E-state index contributed by atoms with van der Waals surface area (Å²) in [4.78, 5) is 14.5. The van der Waals surface area contributed by atoms with Crippen molar-refractivity contribution < 1.29 is 13.9 Å². The number of methoxy groups -OCH3 is 1. The topological polar surface area (TPSA) is 79.0 Å². The molecule has 0 aliphatic rings. The van der Waals surface area contributed by atoms with Crippen LogP contribution in [0.5, 0.6) is 11.5 Å². The van der Waals surface area contributed by atoms with Crippen molar-refractivity contribution in [2.45, 2.75) is 0 Å². The molecule has 0 amide bonds. The number of benzene rings is 1. The maximum Gasteiger partial charge on any atom is 0.255 e. The molecule has 30 heavy (non-hydrogen) atoms. The number of aromatic nitrogens is 1. The highest BCUT2D eigenvalue weighted by atomic mass is 19.1. The Kier molecular flexibility index (Phi) is 6.67. The first-order valence-corrected chi connectivity index (χ1v) is 9.38. The fourth-order valence-corrected chi connectivity index (χ4v) is 3.11. The summed E-state index contributed by atoms with van der Waals surface area (Å²) in [5.74, 6) is 0.483. The van der Waals surface area contributed by atoms with Gasteiger partial charge in [-0.3, -0.25) is 14.1 Å². The molecule has 2 heterocycles. The van der Waals surface area contributed by atoms with Crippen LogP contribution in [0.3, 0.4) is 0 Å². The zero-order chi connectivity index (χ0) is 21.7. The number of nitrogens with zero attached hydrogens (tertiary/aromatic N) is 3. The molecule has 1 aromatic carbocycles. The molecule has 8 heteroatoms. The fourth-order valence-electron chi connectivity index (χ4n) is 3.11. The van der Waals surface area contributed by atoms with Gasteiger partial charge in [0.2, 0.25) is 0 Å². The van der Waals surface area contributed by atoms with Crippen molar-refractivity contribution in [2.75, 3.05) is 41.0 Å². The minimum Gasteiger partial charge on any atom is -0.493 e. The third-order valence-corrected chi connectivity index (χ3v) is 4.71. The summed E-state index contributed by atoms with van der Waals surface area (Å²) in [6.45, 7) is 1.96. The van der Waals surface area contributed by atoms with Gasteiger partial charge in [0.1, 0.15) is 18.6 Å². The highest BCUT2D eigenvalue weighted by Gasteiger charge is 2.15. The molecule has 0 atom stereocenters. The van der Waals surface area contributed by atoms with Crippen molar-refractivity contribution in [1.29, 1.82) is 5.26 Å². The van der Waals surface area contributed by atoms with Crippen LogP contribution >= 0.6 is 0 Å². The van der Waals surface area contributed by atoms with Crippen LogP contribution in [0.25, 0.3) is 16.6 Å².